The molecule has 2 aromatic rings. The molecule has 0 aromatic carbocycles. The Morgan fingerprint density at radius 3 is 3.00 bits per heavy atom. The van der Waals surface area contributed by atoms with Crippen LogP contribution in [0.4, 0.5) is 11.1 Å². The Morgan fingerprint density at radius 2 is 2.35 bits per heavy atom. The molecule has 0 spiro atoms. The molecule has 1 fully saturated rings. The van der Waals surface area contributed by atoms with Crippen molar-refractivity contribution in [1.29, 1.82) is 0 Å². The van der Waals surface area contributed by atoms with Crippen molar-refractivity contribution in [1.82, 2.24) is 9.97 Å². The summed E-state index contributed by atoms with van der Waals surface area (Å²) in [6.45, 7) is 0. The minimum absolute atomic E-state index is 0.119. The number of carboxylic acids is 1. The molecule has 88 valence electrons. The van der Waals surface area contributed by atoms with Crippen LogP contribution in [0.5, 0.6) is 0 Å². The highest BCUT2D eigenvalue weighted by molar-refractivity contribution is 7.13. The highest BCUT2D eigenvalue weighted by atomic mass is 32.1. The smallest absolute Gasteiger partial charge is 0.357 e. The summed E-state index contributed by atoms with van der Waals surface area (Å²) < 4.78 is 4.98. The van der Waals surface area contributed by atoms with Gasteiger partial charge in [-0.3, -0.25) is 5.32 Å². The first-order chi connectivity index (χ1) is 8.22. The Labute approximate surface area is 100 Å². The van der Waals surface area contributed by atoms with E-state index >= 15 is 0 Å². The van der Waals surface area contributed by atoms with Crippen molar-refractivity contribution in [3.8, 4) is 0 Å². The first-order valence-corrected chi connectivity index (χ1v) is 6.01. The number of hydrogen-bond donors (Lipinski definition) is 2. The Balaban J connectivity index is 1.73. The van der Waals surface area contributed by atoms with Crippen LogP contribution in [-0.2, 0) is 0 Å². The second-order valence-electron chi connectivity index (χ2n) is 3.82. The molecule has 0 amide bonds. The van der Waals surface area contributed by atoms with Gasteiger partial charge >= 0.3 is 12.0 Å². The van der Waals surface area contributed by atoms with Gasteiger partial charge in [-0.05, 0) is 12.8 Å². The minimum Gasteiger partial charge on any atom is -0.476 e. The minimum atomic E-state index is -1.11. The fourth-order valence-corrected chi connectivity index (χ4v) is 2.21. The second kappa shape index (κ2) is 3.85. The second-order valence-corrected chi connectivity index (χ2v) is 4.68. The molecule has 0 saturated heterocycles. The number of anilines is 2. The highest BCUT2D eigenvalue weighted by Gasteiger charge is 2.26. The lowest BCUT2D eigenvalue weighted by molar-refractivity contribution is 0.0690. The monoisotopic (exact) mass is 251 g/mol. The number of nitrogens with one attached hydrogen (secondary N) is 1. The van der Waals surface area contributed by atoms with E-state index in [2.05, 4.69) is 15.3 Å². The molecule has 17 heavy (non-hydrogen) atoms. The van der Waals surface area contributed by atoms with E-state index in [-0.39, 0.29) is 11.7 Å². The van der Waals surface area contributed by atoms with E-state index in [4.69, 9.17) is 9.52 Å². The third kappa shape index (κ3) is 2.14. The first kappa shape index (κ1) is 10.3. The Morgan fingerprint density at radius 1 is 1.53 bits per heavy atom. The van der Waals surface area contributed by atoms with Crippen LogP contribution in [0.25, 0.3) is 0 Å². The number of oxazole rings is 1. The lowest BCUT2D eigenvalue weighted by atomic mass is 10.3. The summed E-state index contributed by atoms with van der Waals surface area (Å²) in [6.07, 6.45) is 3.50. The molecule has 1 aliphatic rings. The van der Waals surface area contributed by atoms with Crippen LogP contribution in [0, 0.1) is 0 Å². The van der Waals surface area contributed by atoms with Gasteiger partial charge in [0.2, 0.25) is 0 Å². The van der Waals surface area contributed by atoms with Crippen LogP contribution in [0.15, 0.2) is 16.1 Å². The van der Waals surface area contributed by atoms with Gasteiger partial charge in [-0.15, -0.1) is 11.3 Å². The van der Waals surface area contributed by atoms with Crippen molar-refractivity contribution >= 4 is 28.5 Å². The van der Waals surface area contributed by atoms with Gasteiger partial charge in [0.15, 0.2) is 10.8 Å². The Kier molecular flexibility index (Phi) is 2.32. The fraction of sp³-hybridized carbons (Fsp3) is 0.300. The Hall–Kier alpha value is -1.89. The quantitative estimate of drug-likeness (QED) is 0.867. The number of carbonyl (C=O) groups is 1. The molecule has 0 bridgehead atoms. The summed E-state index contributed by atoms with van der Waals surface area (Å²) in [5, 5.41) is 14.2. The molecule has 2 aromatic heterocycles. The molecule has 1 saturated carbocycles. The largest absolute Gasteiger partial charge is 0.476 e. The summed E-state index contributed by atoms with van der Waals surface area (Å²) in [4.78, 5) is 18.8. The fourth-order valence-electron chi connectivity index (χ4n) is 1.43. The van der Waals surface area contributed by atoms with Crippen LogP contribution in [0.3, 0.4) is 0 Å². The molecule has 7 heteroatoms. The first-order valence-electron chi connectivity index (χ1n) is 5.13. The number of carboxylic acid groups (broad SMARTS) is 1. The van der Waals surface area contributed by atoms with Crippen LogP contribution in [0.2, 0.25) is 0 Å². The van der Waals surface area contributed by atoms with E-state index in [1.165, 1.54) is 24.2 Å². The molecule has 0 radical (unpaired) electrons. The normalized spacial score (nSPS) is 14.8. The van der Waals surface area contributed by atoms with Crippen molar-refractivity contribution in [2.45, 2.75) is 18.8 Å². The van der Waals surface area contributed by atoms with E-state index < -0.39 is 5.97 Å². The van der Waals surface area contributed by atoms with Gasteiger partial charge in [-0.25, -0.2) is 9.78 Å². The van der Waals surface area contributed by atoms with Crippen LogP contribution >= 0.6 is 11.3 Å². The molecule has 2 N–H and O–H groups in total. The molecular weight excluding hydrogens is 242 g/mol. The summed E-state index contributed by atoms with van der Waals surface area (Å²) in [6, 6.07) is 0.152. The van der Waals surface area contributed by atoms with E-state index in [1.54, 1.807) is 0 Å². The van der Waals surface area contributed by atoms with Crippen LogP contribution in [-0.4, -0.2) is 21.0 Å². The number of aromatic nitrogens is 2. The predicted octanol–water partition coefficient (Wildman–Crippen LogP) is 2.45. The number of nitrogens with zero attached hydrogens (tertiary/aromatic N) is 2. The van der Waals surface area contributed by atoms with Gasteiger partial charge in [-0.1, -0.05) is 0 Å². The number of thiazole rings is 1. The number of rotatable bonds is 4. The Bertz CT molecular complexity index is 559. The lowest BCUT2D eigenvalue weighted by Crippen LogP contribution is -1.97. The zero-order valence-corrected chi connectivity index (χ0v) is 9.53. The van der Waals surface area contributed by atoms with Crippen molar-refractivity contribution in [3.05, 3.63) is 23.0 Å². The van der Waals surface area contributed by atoms with Gasteiger partial charge in [0.1, 0.15) is 6.26 Å². The molecule has 6 nitrogen and oxygen atoms in total. The molecule has 0 unspecified atom stereocenters. The van der Waals surface area contributed by atoms with Crippen molar-refractivity contribution in [2.75, 3.05) is 5.32 Å². The molecule has 2 heterocycles. The summed E-state index contributed by atoms with van der Waals surface area (Å²) in [5.74, 6) is -0.513. The van der Waals surface area contributed by atoms with Gasteiger partial charge in [-0.2, -0.15) is 4.98 Å². The average Bonchev–Trinajstić information content (AvgIpc) is 2.87. The molecule has 1 aliphatic carbocycles. The summed E-state index contributed by atoms with van der Waals surface area (Å²) >= 11 is 1.46. The maximum Gasteiger partial charge on any atom is 0.357 e. The predicted molar refractivity (Wildman–Crippen MR) is 60.8 cm³/mol. The topological polar surface area (TPSA) is 88.2 Å². The molecule has 3 rings (SSSR count). The number of aromatic carboxylic acids is 1. The maximum absolute atomic E-state index is 10.6. The molecular formula is C10H9N3O3S. The van der Waals surface area contributed by atoms with Gasteiger partial charge in [0.05, 0.1) is 5.69 Å². The van der Waals surface area contributed by atoms with E-state index in [9.17, 15) is 4.79 Å². The van der Waals surface area contributed by atoms with E-state index in [1.807, 2.05) is 5.38 Å². The third-order valence-corrected chi connectivity index (χ3v) is 3.23. The maximum atomic E-state index is 10.6. The molecule has 0 atom stereocenters. The number of hydrogen-bond acceptors (Lipinski definition) is 6. The van der Waals surface area contributed by atoms with Gasteiger partial charge in [0, 0.05) is 11.3 Å². The summed E-state index contributed by atoms with van der Waals surface area (Å²) in [7, 11) is 0. The van der Waals surface area contributed by atoms with Crippen LogP contribution < -0.4 is 5.32 Å². The SMILES string of the molecule is O=C(O)c1coc(Nc2nc(C3CC3)cs2)n1. The van der Waals surface area contributed by atoms with Crippen LogP contribution in [0.1, 0.15) is 34.9 Å². The zero-order chi connectivity index (χ0) is 11.8. The van der Waals surface area contributed by atoms with Crippen molar-refractivity contribution in [3.63, 3.8) is 0 Å². The average molecular weight is 251 g/mol. The van der Waals surface area contributed by atoms with Gasteiger partial charge in [0.25, 0.3) is 0 Å². The summed E-state index contributed by atoms with van der Waals surface area (Å²) in [5.41, 5.74) is 0.967. The highest BCUT2D eigenvalue weighted by Crippen LogP contribution is 2.41. The standard InChI is InChI=1S/C10H9N3O3S/c14-8(15)6-3-16-9(11-6)13-10-12-7(4-17-10)5-1-2-5/h3-5H,1-2H2,(H,14,15)(H,11,12,13). The molecule has 0 aliphatic heterocycles. The van der Waals surface area contributed by atoms with Gasteiger partial charge < -0.3 is 9.52 Å². The van der Waals surface area contributed by atoms with Crippen molar-refractivity contribution in [2.24, 2.45) is 0 Å². The van der Waals surface area contributed by atoms with E-state index in [0.717, 1.165) is 12.0 Å². The van der Waals surface area contributed by atoms with E-state index in [0.29, 0.717) is 11.0 Å². The lowest BCUT2D eigenvalue weighted by Gasteiger charge is -1.93. The zero-order valence-electron chi connectivity index (χ0n) is 8.71. The third-order valence-electron chi connectivity index (χ3n) is 2.45. The van der Waals surface area contributed by atoms with Crippen molar-refractivity contribution < 1.29 is 14.3 Å².